The van der Waals surface area contributed by atoms with Crippen molar-refractivity contribution in [3.05, 3.63) is 0 Å². The summed E-state index contributed by atoms with van der Waals surface area (Å²) >= 11 is 0. The van der Waals surface area contributed by atoms with Gasteiger partial charge in [-0.15, -0.1) is 0 Å². The van der Waals surface area contributed by atoms with Gasteiger partial charge in [0.2, 0.25) is 0 Å². The second-order valence-corrected chi connectivity index (χ2v) is 6.58. The Balaban J connectivity index is 4.82. The van der Waals surface area contributed by atoms with Crippen LogP contribution in [0.15, 0.2) is 0 Å². The topological polar surface area (TPSA) is 73.9 Å². The maximum Gasteiger partial charge on any atom is 0.408 e. The van der Waals surface area contributed by atoms with E-state index in [0.29, 0.717) is 0 Å². The third-order valence-electron chi connectivity index (χ3n) is 2.14. The largest absolute Gasteiger partial charge is 0.467 e. The molecule has 6 heteroatoms. The molecule has 0 aromatic rings. The van der Waals surface area contributed by atoms with Gasteiger partial charge in [-0.25, -0.2) is 9.59 Å². The van der Waals surface area contributed by atoms with Gasteiger partial charge in [0.15, 0.2) is 6.04 Å². The Hall–Kier alpha value is -1.30. The number of esters is 1. The highest BCUT2D eigenvalue weighted by molar-refractivity contribution is 5.82. The van der Waals surface area contributed by atoms with Crippen molar-refractivity contribution in [3.63, 3.8) is 0 Å². The average molecular weight is 289 g/mol. The van der Waals surface area contributed by atoms with E-state index in [2.05, 4.69) is 10.1 Å². The van der Waals surface area contributed by atoms with Crippen molar-refractivity contribution in [3.8, 4) is 0 Å². The van der Waals surface area contributed by atoms with Gasteiger partial charge in [0.1, 0.15) is 5.60 Å². The highest BCUT2D eigenvalue weighted by Crippen LogP contribution is 2.14. The maximum atomic E-state index is 11.8. The lowest BCUT2D eigenvalue weighted by Crippen LogP contribution is -2.52. The van der Waals surface area contributed by atoms with Crippen LogP contribution in [0.25, 0.3) is 0 Å². The molecule has 0 aliphatic rings. The smallest absolute Gasteiger partial charge is 0.408 e. The molecule has 0 aliphatic carbocycles. The molecule has 2 atom stereocenters. The summed E-state index contributed by atoms with van der Waals surface area (Å²) < 4.78 is 15.5. The minimum absolute atomic E-state index is 0.443. The summed E-state index contributed by atoms with van der Waals surface area (Å²) in [6, 6.07) is -0.922. The van der Waals surface area contributed by atoms with Gasteiger partial charge < -0.3 is 19.5 Å². The Bertz CT molecular complexity index is 340. The number of carbonyl (C=O) groups excluding carboxylic acids is 2. The number of methoxy groups -OCH3 is 1. The summed E-state index contributed by atoms with van der Waals surface area (Å²) in [6.07, 6.45) is -1.23. The number of hydrogen-bond acceptors (Lipinski definition) is 5. The van der Waals surface area contributed by atoms with Crippen molar-refractivity contribution in [1.82, 2.24) is 5.32 Å². The summed E-state index contributed by atoms with van der Waals surface area (Å²) in [5, 5.41) is 2.49. The molecule has 6 nitrogen and oxygen atoms in total. The van der Waals surface area contributed by atoms with Crippen molar-refractivity contribution < 1.29 is 23.8 Å². The predicted octanol–water partition coefficient (Wildman–Crippen LogP) is 2.26. The fraction of sp³-hybridized carbons (Fsp3) is 0.857. The molecular weight excluding hydrogens is 262 g/mol. The van der Waals surface area contributed by atoms with Crippen LogP contribution in [-0.4, -0.2) is 42.5 Å². The van der Waals surface area contributed by atoms with Gasteiger partial charge in [0.25, 0.3) is 0 Å². The minimum atomic E-state index is -0.922. The van der Waals surface area contributed by atoms with E-state index in [1.54, 1.807) is 27.7 Å². The standard InChI is InChI=1S/C14H27NO5/c1-9(19-13(2,3)4)10(11(16)18-8)15-12(17)20-14(5,6)7/h9-10H,1-8H3,(H,15,17). The van der Waals surface area contributed by atoms with Crippen LogP contribution in [0.5, 0.6) is 0 Å². The molecule has 0 bridgehead atoms. The molecule has 0 spiro atoms. The van der Waals surface area contributed by atoms with Crippen LogP contribution in [-0.2, 0) is 19.0 Å². The molecule has 118 valence electrons. The van der Waals surface area contributed by atoms with Crippen LogP contribution in [0.1, 0.15) is 48.5 Å². The third kappa shape index (κ3) is 7.99. The van der Waals surface area contributed by atoms with Gasteiger partial charge >= 0.3 is 12.1 Å². The average Bonchev–Trinajstić information content (AvgIpc) is 2.19. The number of nitrogens with one attached hydrogen (secondary N) is 1. The Kier molecular flexibility index (Phi) is 6.47. The Morgan fingerprint density at radius 1 is 1.00 bits per heavy atom. The van der Waals surface area contributed by atoms with Crippen molar-refractivity contribution in [2.24, 2.45) is 0 Å². The van der Waals surface area contributed by atoms with E-state index in [4.69, 9.17) is 9.47 Å². The van der Waals surface area contributed by atoms with Crippen LogP contribution < -0.4 is 5.32 Å². The van der Waals surface area contributed by atoms with Gasteiger partial charge in [-0.3, -0.25) is 0 Å². The second kappa shape index (κ2) is 6.92. The quantitative estimate of drug-likeness (QED) is 0.804. The molecule has 2 unspecified atom stereocenters. The monoisotopic (exact) mass is 289 g/mol. The fourth-order valence-electron chi connectivity index (χ4n) is 1.56. The maximum absolute atomic E-state index is 11.8. The van der Waals surface area contributed by atoms with E-state index >= 15 is 0 Å². The summed E-state index contributed by atoms with van der Waals surface area (Å²) in [5.41, 5.74) is -1.08. The third-order valence-corrected chi connectivity index (χ3v) is 2.14. The molecule has 20 heavy (non-hydrogen) atoms. The van der Waals surface area contributed by atoms with Crippen molar-refractivity contribution >= 4 is 12.1 Å². The first-order valence-electron chi connectivity index (χ1n) is 6.61. The molecular formula is C14H27NO5. The molecule has 0 aromatic carbocycles. The molecule has 1 N–H and O–H groups in total. The van der Waals surface area contributed by atoms with E-state index < -0.39 is 35.4 Å². The summed E-state index contributed by atoms with van der Waals surface area (Å²) in [5.74, 6) is -0.576. The van der Waals surface area contributed by atoms with Crippen LogP contribution in [0, 0.1) is 0 Å². The Morgan fingerprint density at radius 2 is 1.50 bits per heavy atom. The number of hydrogen-bond donors (Lipinski definition) is 1. The summed E-state index contributed by atoms with van der Waals surface area (Å²) in [7, 11) is 1.26. The normalized spacial score (nSPS) is 15.2. The molecule has 0 rings (SSSR count). The van der Waals surface area contributed by atoms with E-state index in [0.717, 1.165) is 0 Å². The Labute approximate surface area is 121 Å². The first-order chi connectivity index (χ1) is 8.85. The number of amides is 1. The van der Waals surface area contributed by atoms with Gasteiger partial charge in [0, 0.05) is 0 Å². The fourth-order valence-corrected chi connectivity index (χ4v) is 1.56. The lowest BCUT2D eigenvalue weighted by atomic mass is 10.1. The number of rotatable bonds is 4. The predicted molar refractivity (Wildman–Crippen MR) is 75.5 cm³/mol. The van der Waals surface area contributed by atoms with E-state index in [1.165, 1.54) is 7.11 Å². The van der Waals surface area contributed by atoms with Gasteiger partial charge in [0.05, 0.1) is 18.8 Å². The van der Waals surface area contributed by atoms with Crippen molar-refractivity contribution in [1.29, 1.82) is 0 Å². The van der Waals surface area contributed by atoms with Gasteiger partial charge in [-0.05, 0) is 48.5 Å². The summed E-state index contributed by atoms with van der Waals surface area (Å²) in [4.78, 5) is 23.5. The molecule has 1 amide bonds. The molecule has 0 fully saturated rings. The summed E-state index contributed by atoms with van der Waals surface area (Å²) in [6.45, 7) is 12.5. The first kappa shape index (κ1) is 18.7. The van der Waals surface area contributed by atoms with Crippen LogP contribution in [0.4, 0.5) is 4.79 Å². The molecule has 0 saturated carbocycles. The zero-order chi connectivity index (χ0) is 16.1. The zero-order valence-corrected chi connectivity index (χ0v) is 13.7. The molecule has 0 radical (unpaired) electrons. The van der Waals surface area contributed by atoms with Gasteiger partial charge in [-0.2, -0.15) is 0 Å². The van der Waals surface area contributed by atoms with E-state index in [-0.39, 0.29) is 0 Å². The lowest BCUT2D eigenvalue weighted by molar-refractivity contribution is -0.150. The minimum Gasteiger partial charge on any atom is -0.467 e. The Morgan fingerprint density at radius 3 is 1.85 bits per heavy atom. The second-order valence-electron chi connectivity index (χ2n) is 6.58. The number of alkyl carbamates (subject to hydrolysis) is 1. The molecule has 0 heterocycles. The zero-order valence-electron chi connectivity index (χ0n) is 13.7. The van der Waals surface area contributed by atoms with E-state index in [1.807, 2.05) is 20.8 Å². The van der Waals surface area contributed by atoms with Crippen LogP contribution in [0.3, 0.4) is 0 Å². The number of ether oxygens (including phenoxy) is 3. The highest BCUT2D eigenvalue weighted by Gasteiger charge is 2.32. The first-order valence-corrected chi connectivity index (χ1v) is 6.61. The van der Waals surface area contributed by atoms with Crippen LogP contribution >= 0.6 is 0 Å². The lowest BCUT2D eigenvalue weighted by Gasteiger charge is -2.30. The molecule has 0 aliphatic heterocycles. The number of carbonyl (C=O) groups is 2. The van der Waals surface area contributed by atoms with Gasteiger partial charge in [-0.1, -0.05) is 0 Å². The molecule has 0 aromatic heterocycles. The SMILES string of the molecule is COC(=O)C(NC(=O)OC(C)(C)C)C(C)OC(C)(C)C. The van der Waals surface area contributed by atoms with E-state index in [9.17, 15) is 9.59 Å². The van der Waals surface area contributed by atoms with Crippen molar-refractivity contribution in [2.75, 3.05) is 7.11 Å². The van der Waals surface area contributed by atoms with Crippen molar-refractivity contribution in [2.45, 2.75) is 71.8 Å². The highest BCUT2D eigenvalue weighted by atomic mass is 16.6. The molecule has 0 saturated heterocycles. The van der Waals surface area contributed by atoms with Crippen LogP contribution in [0.2, 0.25) is 0 Å².